The Balaban J connectivity index is 2.18. The van der Waals surface area contributed by atoms with Crippen LogP contribution in [0.5, 0.6) is 0 Å². The molecule has 0 radical (unpaired) electrons. The molecule has 1 heterocycles. The van der Waals surface area contributed by atoms with E-state index in [9.17, 15) is 10.1 Å². The van der Waals surface area contributed by atoms with Crippen molar-refractivity contribution in [1.29, 1.82) is 0 Å². The second-order valence-corrected chi connectivity index (χ2v) is 5.24. The van der Waals surface area contributed by atoms with Crippen molar-refractivity contribution >= 4 is 34.7 Å². The number of thioether (sulfide) groups is 1. The Kier molecular flexibility index (Phi) is 4.07. The molecule has 0 fully saturated rings. The average molecular weight is 283 g/mol. The third-order valence-electron chi connectivity index (χ3n) is 2.15. The molecular weight excluding hydrogens is 274 g/mol. The van der Waals surface area contributed by atoms with E-state index in [2.05, 4.69) is 14.8 Å². The number of nitrogen functional groups attached to an aromatic ring is 1. The topological polar surface area (TPSA) is 107 Å². The van der Waals surface area contributed by atoms with Gasteiger partial charge >= 0.3 is 0 Å². The molecule has 0 unspecified atom stereocenters. The van der Waals surface area contributed by atoms with Crippen molar-refractivity contribution in [2.24, 2.45) is 5.84 Å². The number of nitrogens with one attached hydrogen (secondary N) is 1. The molecule has 18 heavy (non-hydrogen) atoms. The second kappa shape index (κ2) is 5.76. The zero-order valence-electron chi connectivity index (χ0n) is 9.07. The van der Waals surface area contributed by atoms with E-state index in [1.165, 1.54) is 41.8 Å². The minimum Gasteiger partial charge on any atom is -0.324 e. The highest BCUT2D eigenvalue weighted by molar-refractivity contribution is 8.00. The number of benzene rings is 1. The number of non-ortho nitro benzene ring substituents is 1. The number of nitrogens with two attached hydrogens (primary N) is 1. The fourth-order valence-electron chi connectivity index (χ4n) is 1.32. The van der Waals surface area contributed by atoms with Gasteiger partial charge in [-0.05, 0) is 23.2 Å². The molecule has 2 rings (SSSR count). The summed E-state index contributed by atoms with van der Waals surface area (Å²) < 4.78 is 4.69. The van der Waals surface area contributed by atoms with Gasteiger partial charge in [0.15, 0.2) is 4.34 Å². The van der Waals surface area contributed by atoms with E-state index in [-0.39, 0.29) is 5.69 Å². The molecule has 0 atom stereocenters. The van der Waals surface area contributed by atoms with Gasteiger partial charge < -0.3 is 5.43 Å². The normalized spacial score (nSPS) is 10.3. The van der Waals surface area contributed by atoms with Gasteiger partial charge in [0.25, 0.3) is 5.69 Å². The Labute approximate surface area is 111 Å². The zero-order chi connectivity index (χ0) is 13.0. The molecule has 0 aliphatic heterocycles. The van der Waals surface area contributed by atoms with Crippen molar-refractivity contribution < 1.29 is 4.92 Å². The van der Waals surface area contributed by atoms with Crippen LogP contribution < -0.4 is 11.3 Å². The number of anilines is 1. The van der Waals surface area contributed by atoms with Crippen LogP contribution in [0, 0.1) is 10.1 Å². The third kappa shape index (κ3) is 2.94. The van der Waals surface area contributed by atoms with Crippen LogP contribution in [0.25, 0.3) is 0 Å². The average Bonchev–Trinajstić information content (AvgIpc) is 2.89. The Morgan fingerprint density at radius 2 is 2.39 bits per heavy atom. The van der Waals surface area contributed by atoms with Gasteiger partial charge in [-0.15, -0.1) is 0 Å². The van der Waals surface area contributed by atoms with E-state index in [1.54, 1.807) is 6.07 Å². The van der Waals surface area contributed by atoms with E-state index in [0.29, 0.717) is 11.4 Å². The summed E-state index contributed by atoms with van der Waals surface area (Å²) in [6, 6.07) is 4.51. The molecule has 0 amide bonds. The van der Waals surface area contributed by atoms with Gasteiger partial charge in [-0.25, -0.2) is 4.98 Å². The maximum Gasteiger partial charge on any atom is 0.269 e. The quantitative estimate of drug-likeness (QED) is 0.374. The van der Waals surface area contributed by atoms with Crippen molar-refractivity contribution in [2.45, 2.75) is 10.1 Å². The number of hydrazine groups is 1. The van der Waals surface area contributed by atoms with E-state index in [4.69, 9.17) is 5.84 Å². The predicted octanol–water partition coefficient (Wildman–Crippen LogP) is 2.02. The Bertz CT molecular complexity index is 546. The SMILES string of the molecule is NNc1ccc([N+](=O)[O-])cc1CSc1ncns1. The lowest BCUT2D eigenvalue weighted by atomic mass is 10.2. The van der Waals surface area contributed by atoms with E-state index < -0.39 is 4.92 Å². The second-order valence-electron chi connectivity index (χ2n) is 3.24. The first-order chi connectivity index (χ1) is 8.70. The lowest BCUT2D eigenvalue weighted by molar-refractivity contribution is -0.384. The molecule has 0 saturated heterocycles. The van der Waals surface area contributed by atoms with Crippen LogP contribution in [0.3, 0.4) is 0 Å². The first kappa shape index (κ1) is 12.7. The largest absolute Gasteiger partial charge is 0.324 e. The Hall–Kier alpha value is -1.71. The summed E-state index contributed by atoms with van der Waals surface area (Å²) >= 11 is 2.74. The predicted molar refractivity (Wildman–Crippen MR) is 70.4 cm³/mol. The summed E-state index contributed by atoms with van der Waals surface area (Å²) in [6.07, 6.45) is 1.47. The fourth-order valence-corrected chi connectivity index (χ4v) is 2.75. The number of nitro groups is 1. The van der Waals surface area contributed by atoms with Gasteiger partial charge in [-0.3, -0.25) is 16.0 Å². The van der Waals surface area contributed by atoms with Crippen molar-refractivity contribution in [3.63, 3.8) is 0 Å². The van der Waals surface area contributed by atoms with Crippen LogP contribution in [-0.2, 0) is 5.75 Å². The molecule has 0 bridgehead atoms. The smallest absolute Gasteiger partial charge is 0.269 e. The maximum absolute atomic E-state index is 10.7. The Morgan fingerprint density at radius 1 is 1.56 bits per heavy atom. The number of nitrogens with zero attached hydrogens (tertiary/aromatic N) is 3. The molecule has 1 aromatic carbocycles. The van der Waals surface area contributed by atoms with Crippen LogP contribution in [0.2, 0.25) is 0 Å². The van der Waals surface area contributed by atoms with E-state index >= 15 is 0 Å². The third-order valence-corrected chi connectivity index (χ3v) is 3.99. The van der Waals surface area contributed by atoms with Crippen molar-refractivity contribution in [3.8, 4) is 0 Å². The van der Waals surface area contributed by atoms with Crippen molar-refractivity contribution in [3.05, 3.63) is 40.2 Å². The minimum absolute atomic E-state index is 0.0434. The number of nitro benzene ring substituents is 1. The molecule has 0 aliphatic carbocycles. The molecule has 94 valence electrons. The highest BCUT2D eigenvalue weighted by atomic mass is 32.2. The van der Waals surface area contributed by atoms with Gasteiger partial charge in [0.05, 0.1) is 10.6 Å². The Morgan fingerprint density at radius 3 is 3.00 bits per heavy atom. The highest BCUT2D eigenvalue weighted by Crippen LogP contribution is 2.29. The highest BCUT2D eigenvalue weighted by Gasteiger charge is 2.11. The summed E-state index contributed by atoms with van der Waals surface area (Å²) in [5.74, 6) is 5.91. The summed E-state index contributed by atoms with van der Waals surface area (Å²) in [4.78, 5) is 14.3. The van der Waals surface area contributed by atoms with Crippen molar-refractivity contribution in [2.75, 3.05) is 5.43 Å². The van der Waals surface area contributed by atoms with Gasteiger partial charge in [0.2, 0.25) is 0 Å². The summed E-state index contributed by atoms with van der Waals surface area (Å²) in [6.45, 7) is 0. The van der Waals surface area contributed by atoms with Gasteiger partial charge in [0.1, 0.15) is 6.33 Å². The van der Waals surface area contributed by atoms with Gasteiger partial charge in [-0.1, -0.05) is 11.8 Å². The van der Waals surface area contributed by atoms with Crippen LogP contribution >= 0.6 is 23.3 Å². The van der Waals surface area contributed by atoms with Crippen LogP contribution in [0.15, 0.2) is 28.9 Å². The van der Waals surface area contributed by atoms with E-state index in [0.717, 1.165) is 9.90 Å². The summed E-state index contributed by atoms with van der Waals surface area (Å²) in [5, 5.41) is 10.7. The molecule has 9 heteroatoms. The monoisotopic (exact) mass is 283 g/mol. The molecule has 0 spiro atoms. The van der Waals surface area contributed by atoms with Crippen molar-refractivity contribution in [1.82, 2.24) is 9.36 Å². The van der Waals surface area contributed by atoms with Crippen LogP contribution in [0.4, 0.5) is 11.4 Å². The number of aromatic nitrogens is 2. The molecule has 3 N–H and O–H groups in total. The molecular formula is C9H9N5O2S2. The maximum atomic E-state index is 10.7. The zero-order valence-corrected chi connectivity index (χ0v) is 10.7. The number of hydrogen-bond acceptors (Lipinski definition) is 8. The number of hydrogen-bond donors (Lipinski definition) is 2. The van der Waals surface area contributed by atoms with Crippen LogP contribution in [0.1, 0.15) is 5.56 Å². The standard InChI is InChI=1S/C9H9N5O2S2/c10-13-8-2-1-7(14(15)16)3-6(8)4-17-9-11-5-12-18-9/h1-3,5,13H,4,10H2. The molecule has 1 aromatic heterocycles. The first-order valence-corrected chi connectivity index (χ1v) is 6.60. The lowest BCUT2D eigenvalue weighted by Crippen LogP contribution is -2.09. The first-order valence-electron chi connectivity index (χ1n) is 4.84. The number of rotatable bonds is 5. The molecule has 2 aromatic rings. The molecule has 0 saturated carbocycles. The summed E-state index contributed by atoms with van der Waals surface area (Å²) in [5.41, 5.74) is 3.99. The summed E-state index contributed by atoms with van der Waals surface area (Å²) in [7, 11) is 0. The lowest BCUT2D eigenvalue weighted by Gasteiger charge is -2.07. The van der Waals surface area contributed by atoms with E-state index in [1.807, 2.05) is 0 Å². The van der Waals surface area contributed by atoms with Crippen LogP contribution in [-0.4, -0.2) is 14.3 Å². The van der Waals surface area contributed by atoms with Gasteiger partial charge in [-0.2, -0.15) is 4.37 Å². The minimum atomic E-state index is -0.431. The van der Waals surface area contributed by atoms with Gasteiger partial charge in [0, 0.05) is 17.9 Å². The molecule has 0 aliphatic rings. The fraction of sp³-hybridized carbons (Fsp3) is 0.111. The molecule has 7 nitrogen and oxygen atoms in total.